The molecule has 0 aliphatic rings. The van der Waals surface area contributed by atoms with E-state index >= 15 is 0 Å². The van der Waals surface area contributed by atoms with Gasteiger partial charge in [0.25, 0.3) is 0 Å². The Morgan fingerprint density at radius 3 is 2.70 bits per heavy atom. The number of hydrogen-bond acceptors (Lipinski definition) is 3. The van der Waals surface area contributed by atoms with E-state index in [0.29, 0.717) is 5.75 Å². The van der Waals surface area contributed by atoms with Gasteiger partial charge in [0.05, 0.1) is 13.5 Å². The van der Waals surface area contributed by atoms with Crippen LogP contribution in [-0.2, 0) is 16.0 Å². The van der Waals surface area contributed by atoms with E-state index in [1.54, 1.807) is 13.2 Å². The normalized spacial score (nSPS) is 9.90. The summed E-state index contributed by atoms with van der Waals surface area (Å²) in [5.41, 5.74) is 1.77. The standard InChI is InChI=1S/C15H19NO4/c1-4-7-16(10-15(18)19)14(17)9-12-6-5-11(2)13(8-12)20-3/h4-6,8H,1,7,9-10H2,2-3H3,(H,18,19). The molecule has 1 amide bonds. The van der Waals surface area contributed by atoms with E-state index in [1.165, 1.54) is 11.0 Å². The monoisotopic (exact) mass is 277 g/mol. The van der Waals surface area contributed by atoms with Crippen LogP contribution >= 0.6 is 0 Å². The van der Waals surface area contributed by atoms with Crippen LogP contribution in [0.3, 0.4) is 0 Å². The Balaban J connectivity index is 2.81. The highest BCUT2D eigenvalue weighted by atomic mass is 16.5. The second kappa shape index (κ2) is 7.33. The van der Waals surface area contributed by atoms with Crippen LogP contribution in [0.5, 0.6) is 5.75 Å². The second-order valence-electron chi connectivity index (χ2n) is 4.44. The highest BCUT2D eigenvalue weighted by molar-refractivity contribution is 5.83. The average Bonchev–Trinajstić information content (AvgIpc) is 2.40. The zero-order chi connectivity index (χ0) is 15.1. The van der Waals surface area contributed by atoms with E-state index in [9.17, 15) is 9.59 Å². The summed E-state index contributed by atoms with van der Waals surface area (Å²) in [7, 11) is 1.57. The Morgan fingerprint density at radius 1 is 1.45 bits per heavy atom. The molecular weight excluding hydrogens is 258 g/mol. The number of aliphatic carboxylic acids is 1. The van der Waals surface area contributed by atoms with Crippen molar-refractivity contribution in [2.24, 2.45) is 0 Å². The van der Waals surface area contributed by atoms with Crippen molar-refractivity contribution in [3.05, 3.63) is 42.0 Å². The van der Waals surface area contributed by atoms with Crippen molar-refractivity contribution in [3.63, 3.8) is 0 Å². The Morgan fingerprint density at radius 2 is 2.15 bits per heavy atom. The molecule has 0 radical (unpaired) electrons. The summed E-state index contributed by atoms with van der Waals surface area (Å²) in [4.78, 5) is 24.1. The molecule has 1 N–H and O–H groups in total. The maximum absolute atomic E-state index is 12.1. The van der Waals surface area contributed by atoms with Gasteiger partial charge in [-0.15, -0.1) is 6.58 Å². The lowest BCUT2D eigenvalue weighted by atomic mass is 10.1. The Labute approximate surface area is 118 Å². The lowest BCUT2D eigenvalue weighted by Gasteiger charge is -2.19. The molecule has 1 aromatic rings. The predicted octanol–water partition coefficient (Wildman–Crippen LogP) is 1.65. The number of nitrogens with zero attached hydrogens (tertiary/aromatic N) is 1. The zero-order valence-electron chi connectivity index (χ0n) is 11.8. The van der Waals surface area contributed by atoms with Crippen LogP contribution in [0.4, 0.5) is 0 Å². The Kier molecular flexibility index (Phi) is 5.77. The number of aryl methyl sites for hydroxylation is 1. The van der Waals surface area contributed by atoms with Crippen LogP contribution in [0, 0.1) is 6.92 Å². The number of amides is 1. The van der Waals surface area contributed by atoms with Gasteiger partial charge < -0.3 is 14.7 Å². The highest BCUT2D eigenvalue weighted by Gasteiger charge is 2.16. The molecule has 5 nitrogen and oxygen atoms in total. The number of hydrogen-bond donors (Lipinski definition) is 1. The maximum Gasteiger partial charge on any atom is 0.323 e. The third-order valence-corrected chi connectivity index (χ3v) is 2.86. The van der Waals surface area contributed by atoms with Crippen molar-refractivity contribution >= 4 is 11.9 Å². The minimum absolute atomic E-state index is 0.137. The SMILES string of the molecule is C=CCN(CC(=O)O)C(=O)Cc1ccc(C)c(OC)c1. The van der Waals surface area contributed by atoms with E-state index in [4.69, 9.17) is 9.84 Å². The predicted molar refractivity (Wildman–Crippen MR) is 75.8 cm³/mol. The number of carbonyl (C=O) groups is 2. The van der Waals surface area contributed by atoms with Gasteiger partial charge in [-0.3, -0.25) is 9.59 Å². The molecule has 0 saturated carbocycles. The van der Waals surface area contributed by atoms with Crippen LogP contribution < -0.4 is 4.74 Å². The summed E-state index contributed by atoms with van der Waals surface area (Å²) in [6, 6.07) is 5.50. The second-order valence-corrected chi connectivity index (χ2v) is 4.44. The summed E-state index contributed by atoms with van der Waals surface area (Å²) in [5.74, 6) is -0.580. The fourth-order valence-corrected chi connectivity index (χ4v) is 1.83. The molecule has 5 heteroatoms. The van der Waals surface area contributed by atoms with Gasteiger partial charge in [-0.05, 0) is 24.1 Å². The number of methoxy groups -OCH3 is 1. The zero-order valence-corrected chi connectivity index (χ0v) is 11.8. The lowest BCUT2D eigenvalue weighted by molar-refractivity contribution is -0.143. The topological polar surface area (TPSA) is 66.8 Å². The van der Waals surface area contributed by atoms with Gasteiger partial charge in [0.2, 0.25) is 5.91 Å². The van der Waals surface area contributed by atoms with Gasteiger partial charge in [0.15, 0.2) is 0 Å². The molecule has 0 heterocycles. The van der Waals surface area contributed by atoms with Crippen molar-refractivity contribution in [2.45, 2.75) is 13.3 Å². The molecule has 0 bridgehead atoms. The van der Waals surface area contributed by atoms with Gasteiger partial charge in [0, 0.05) is 6.54 Å². The fraction of sp³-hybridized carbons (Fsp3) is 0.333. The molecule has 0 fully saturated rings. The van der Waals surface area contributed by atoms with E-state index in [2.05, 4.69) is 6.58 Å². The first-order chi connectivity index (χ1) is 9.47. The van der Waals surface area contributed by atoms with Crippen molar-refractivity contribution in [2.75, 3.05) is 20.2 Å². The molecule has 108 valence electrons. The smallest absolute Gasteiger partial charge is 0.323 e. The summed E-state index contributed by atoms with van der Waals surface area (Å²) in [6.07, 6.45) is 1.65. The molecule has 0 aliphatic heterocycles. The number of carboxylic acid groups (broad SMARTS) is 1. The lowest BCUT2D eigenvalue weighted by Crippen LogP contribution is -2.36. The molecular formula is C15H19NO4. The van der Waals surface area contributed by atoms with Gasteiger partial charge in [-0.2, -0.15) is 0 Å². The van der Waals surface area contributed by atoms with Gasteiger partial charge in [-0.25, -0.2) is 0 Å². The minimum Gasteiger partial charge on any atom is -0.496 e. The Hall–Kier alpha value is -2.30. The number of ether oxygens (including phenoxy) is 1. The van der Waals surface area contributed by atoms with Crippen LogP contribution in [0.2, 0.25) is 0 Å². The molecule has 0 atom stereocenters. The summed E-state index contributed by atoms with van der Waals surface area (Å²) < 4.78 is 5.20. The summed E-state index contributed by atoms with van der Waals surface area (Å²) in [6.45, 7) is 5.34. The third kappa shape index (κ3) is 4.42. The first-order valence-electron chi connectivity index (χ1n) is 6.22. The van der Waals surface area contributed by atoms with Crippen molar-refractivity contribution in [1.29, 1.82) is 0 Å². The molecule has 0 aromatic heterocycles. The molecule has 0 saturated heterocycles. The van der Waals surface area contributed by atoms with Crippen molar-refractivity contribution in [3.8, 4) is 5.75 Å². The number of benzene rings is 1. The molecule has 1 rings (SSSR count). The average molecular weight is 277 g/mol. The largest absolute Gasteiger partial charge is 0.496 e. The first-order valence-corrected chi connectivity index (χ1v) is 6.22. The third-order valence-electron chi connectivity index (χ3n) is 2.86. The van der Waals surface area contributed by atoms with Gasteiger partial charge in [-0.1, -0.05) is 18.2 Å². The maximum atomic E-state index is 12.1. The summed E-state index contributed by atoms with van der Waals surface area (Å²) >= 11 is 0. The van der Waals surface area contributed by atoms with E-state index in [-0.39, 0.29) is 25.4 Å². The van der Waals surface area contributed by atoms with E-state index in [1.807, 2.05) is 19.1 Å². The minimum atomic E-state index is -1.04. The molecule has 20 heavy (non-hydrogen) atoms. The number of carbonyl (C=O) groups excluding carboxylic acids is 1. The molecule has 0 unspecified atom stereocenters. The van der Waals surface area contributed by atoms with Gasteiger partial charge in [0.1, 0.15) is 12.3 Å². The van der Waals surface area contributed by atoms with Crippen LogP contribution in [0.15, 0.2) is 30.9 Å². The highest BCUT2D eigenvalue weighted by Crippen LogP contribution is 2.19. The molecule has 0 aliphatic carbocycles. The first kappa shape index (κ1) is 15.8. The fourth-order valence-electron chi connectivity index (χ4n) is 1.83. The van der Waals surface area contributed by atoms with E-state index in [0.717, 1.165) is 11.1 Å². The number of carboxylic acids is 1. The molecule has 1 aromatic carbocycles. The van der Waals surface area contributed by atoms with Crippen LogP contribution in [-0.4, -0.2) is 42.1 Å². The quantitative estimate of drug-likeness (QED) is 0.769. The van der Waals surface area contributed by atoms with Crippen molar-refractivity contribution < 1.29 is 19.4 Å². The molecule has 0 spiro atoms. The van der Waals surface area contributed by atoms with E-state index < -0.39 is 5.97 Å². The summed E-state index contributed by atoms with van der Waals surface area (Å²) in [5, 5.41) is 8.80. The van der Waals surface area contributed by atoms with Gasteiger partial charge >= 0.3 is 5.97 Å². The Bertz CT molecular complexity index is 511. The van der Waals surface area contributed by atoms with Crippen LogP contribution in [0.25, 0.3) is 0 Å². The number of rotatable bonds is 7. The van der Waals surface area contributed by atoms with Crippen LogP contribution in [0.1, 0.15) is 11.1 Å². The van der Waals surface area contributed by atoms with Crippen molar-refractivity contribution in [1.82, 2.24) is 4.90 Å².